The fraction of sp³-hybridized carbons (Fsp3) is 0.421. The summed E-state index contributed by atoms with van der Waals surface area (Å²) in [6.07, 6.45) is 4.90. The predicted molar refractivity (Wildman–Crippen MR) is 106 cm³/mol. The Kier molecular flexibility index (Phi) is 4.47. The van der Waals surface area contributed by atoms with E-state index in [1.54, 1.807) is 32.3 Å². The molecule has 27 heavy (non-hydrogen) atoms. The van der Waals surface area contributed by atoms with Crippen molar-refractivity contribution in [2.45, 2.75) is 32.3 Å². The van der Waals surface area contributed by atoms with Gasteiger partial charge in [0.05, 0.1) is 5.75 Å². The number of hydrogen-bond acceptors (Lipinski definition) is 4. The van der Waals surface area contributed by atoms with Crippen LogP contribution in [0.15, 0.2) is 29.2 Å². The fourth-order valence-electron chi connectivity index (χ4n) is 3.46. The lowest BCUT2D eigenvalue weighted by Gasteiger charge is -2.15. The van der Waals surface area contributed by atoms with Crippen molar-refractivity contribution in [2.24, 2.45) is 13.0 Å². The van der Waals surface area contributed by atoms with Crippen LogP contribution in [0.4, 0.5) is 5.69 Å². The largest absolute Gasteiger partial charge is 0.489 e. The second-order valence-corrected chi connectivity index (χ2v) is 9.63. The third kappa shape index (κ3) is 3.58. The van der Waals surface area contributed by atoms with Gasteiger partial charge in [-0.3, -0.25) is 9.52 Å². The number of benzene rings is 1. The molecule has 0 saturated heterocycles. The second-order valence-electron chi connectivity index (χ2n) is 7.21. The highest BCUT2D eigenvalue weighted by Crippen LogP contribution is 2.46. The monoisotopic (exact) mass is 408 g/mol. The molecule has 2 heterocycles. The van der Waals surface area contributed by atoms with Gasteiger partial charge in [-0.25, -0.2) is 8.42 Å². The Balaban J connectivity index is 1.84. The summed E-state index contributed by atoms with van der Waals surface area (Å²) in [7, 11) is -1.77. The maximum absolute atomic E-state index is 12.0. The molecule has 1 aromatic carbocycles. The van der Waals surface area contributed by atoms with Crippen molar-refractivity contribution < 1.29 is 13.2 Å². The van der Waals surface area contributed by atoms with Crippen LogP contribution in [0, 0.1) is 5.92 Å². The first-order chi connectivity index (χ1) is 12.8. The van der Waals surface area contributed by atoms with Crippen molar-refractivity contribution >= 4 is 27.3 Å². The Morgan fingerprint density at radius 2 is 2.04 bits per heavy atom. The van der Waals surface area contributed by atoms with Gasteiger partial charge < -0.3 is 9.30 Å². The molecular weight excluding hydrogens is 388 g/mol. The lowest BCUT2D eigenvalue weighted by molar-refractivity contribution is 0.208. The summed E-state index contributed by atoms with van der Waals surface area (Å²) in [4.78, 5) is 11.9. The van der Waals surface area contributed by atoms with E-state index in [9.17, 15) is 13.2 Å². The number of aryl methyl sites for hydroxylation is 1. The number of aromatic nitrogens is 1. The Hall–Kier alpha value is -1.99. The van der Waals surface area contributed by atoms with Crippen molar-refractivity contribution in [3.63, 3.8) is 0 Å². The van der Waals surface area contributed by atoms with Crippen LogP contribution in [0.1, 0.15) is 25.3 Å². The molecule has 0 bridgehead atoms. The molecule has 6 nitrogen and oxygen atoms in total. The molecule has 0 radical (unpaired) electrons. The van der Waals surface area contributed by atoms with E-state index < -0.39 is 10.0 Å². The van der Waals surface area contributed by atoms with Crippen LogP contribution < -0.4 is 15.0 Å². The van der Waals surface area contributed by atoms with Gasteiger partial charge in [-0.05, 0) is 43.9 Å². The van der Waals surface area contributed by atoms with Crippen LogP contribution >= 0.6 is 11.6 Å². The first-order valence-corrected chi connectivity index (χ1v) is 11.0. The summed E-state index contributed by atoms with van der Waals surface area (Å²) in [6.45, 7) is 1.59. The number of rotatable bonds is 5. The summed E-state index contributed by atoms with van der Waals surface area (Å²) in [5.41, 5.74) is 2.64. The molecule has 4 rings (SSSR count). The van der Waals surface area contributed by atoms with Crippen molar-refractivity contribution in [2.75, 3.05) is 10.5 Å². The SMILES string of the molecule is CCS(=O)(=O)Nc1cc2c(c(-c3cc(Cl)c(=O)n(C)c3)c1)OC(C1CC1)C2. The van der Waals surface area contributed by atoms with Gasteiger partial charge in [-0.15, -0.1) is 0 Å². The van der Waals surface area contributed by atoms with E-state index in [-0.39, 0.29) is 22.4 Å². The van der Waals surface area contributed by atoms with Crippen LogP contribution in [0.25, 0.3) is 11.1 Å². The number of pyridine rings is 1. The topological polar surface area (TPSA) is 77.4 Å². The average Bonchev–Trinajstić information content (AvgIpc) is 3.38. The van der Waals surface area contributed by atoms with Gasteiger partial charge >= 0.3 is 0 Å². The van der Waals surface area contributed by atoms with E-state index in [4.69, 9.17) is 16.3 Å². The third-order valence-electron chi connectivity index (χ3n) is 5.11. The Morgan fingerprint density at radius 3 is 2.67 bits per heavy atom. The van der Waals surface area contributed by atoms with Crippen molar-refractivity contribution in [1.82, 2.24) is 4.57 Å². The minimum absolute atomic E-state index is 0.00765. The molecule has 1 fully saturated rings. The maximum atomic E-state index is 12.0. The van der Waals surface area contributed by atoms with E-state index >= 15 is 0 Å². The number of hydrogen-bond donors (Lipinski definition) is 1. The molecule has 1 aromatic heterocycles. The van der Waals surface area contributed by atoms with Gasteiger partial charge in [-0.1, -0.05) is 11.6 Å². The van der Waals surface area contributed by atoms with E-state index in [1.165, 1.54) is 4.57 Å². The summed E-state index contributed by atoms with van der Waals surface area (Å²) in [6, 6.07) is 5.20. The van der Waals surface area contributed by atoms with Crippen LogP contribution in [0.2, 0.25) is 5.02 Å². The van der Waals surface area contributed by atoms with Gasteiger partial charge in [0, 0.05) is 42.0 Å². The molecule has 2 aromatic rings. The fourth-order valence-corrected chi connectivity index (χ4v) is 4.34. The van der Waals surface area contributed by atoms with Crippen LogP contribution in [-0.2, 0) is 23.5 Å². The molecule has 144 valence electrons. The van der Waals surface area contributed by atoms with Gasteiger partial charge in [0.15, 0.2) is 0 Å². The molecule has 2 aliphatic rings. The lowest BCUT2D eigenvalue weighted by Crippen LogP contribution is -2.17. The molecule has 0 spiro atoms. The number of fused-ring (bicyclic) bond motifs is 1. The summed E-state index contributed by atoms with van der Waals surface area (Å²) in [5.74, 6) is 1.30. The smallest absolute Gasteiger partial charge is 0.269 e. The van der Waals surface area contributed by atoms with Crippen molar-refractivity contribution in [3.05, 3.63) is 45.3 Å². The number of ether oxygens (including phenoxy) is 1. The first kappa shape index (κ1) is 18.4. The van der Waals surface area contributed by atoms with Crippen molar-refractivity contribution in [3.8, 4) is 16.9 Å². The molecule has 1 aliphatic heterocycles. The van der Waals surface area contributed by atoms with Crippen LogP contribution in [-0.4, -0.2) is 24.8 Å². The minimum atomic E-state index is -3.40. The van der Waals surface area contributed by atoms with E-state index in [0.717, 1.165) is 36.1 Å². The average molecular weight is 409 g/mol. The van der Waals surface area contributed by atoms with Crippen LogP contribution in [0.3, 0.4) is 0 Å². The zero-order chi connectivity index (χ0) is 19.3. The molecule has 1 atom stereocenters. The molecule has 1 aliphatic carbocycles. The number of nitrogens with zero attached hydrogens (tertiary/aromatic N) is 1. The van der Waals surface area contributed by atoms with Gasteiger partial charge in [0.1, 0.15) is 16.9 Å². The molecule has 8 heteroatoms. The van der Waals surface area contributed by atoms with E-state index in [1.807, 2.05) is 6.07 Å². The number of halogens is 1. The normalized spacial score (nSPS) is 18.9. The van der Waals surface area contributed by atoms with Crippen molar-refractivity contribution in [1.29, 1.82) is 0 Å². The van der Waals surface area contributed by atoms with E-state index in [2.05, 4.69) is 4.72 Å². The highest BCUT2D eigenvalue weighted by atomic mass is 35.5. The molecular formula is C19H21ClN2O4S. The number of sulfonamides is 1. The summed E-state index contributed by atoms with van der Waals surface area (Å²) < 4.78 is 34.4. The summed E-state index contributed by atoms with van der Waals surface area (Å²) >= 11 is 6.09. The van der Waals surface area contributed by atoms with E-state index in [0.29, 0.717) is 17.2 Å². The number of nitrogens with one attached hydrogen (secondary N) is 1. The highest BCUT2D eigenvalue weighted by molar-refractivity contribution is 7.92. The zero-order valence-electron chi connectivity index (χ0n) is 15.2. The zero-order valence-corrected chi connectivity index (χ0v) is 16.7. The van der Waals surface area contributed by atoms with Gasteiger partial charge in [0.25, 0.3) is 5.56 Å². The summed E-state index contributed by atoms with van der Waals surface area (Å²) in [5, 5.41) is 0.111. The predicted octanol–water partition coefficient (Wildman–Crippen LogP) is 3.18. The Morgan fingerprint density at radius 1 is 1.30 bits per heavy atom. The maximum Gasteiger partial charge on any atom is 0.269 e. The van der Waals surface area contributed by atoms with Gasteiger partial charge in [-0.2, -0.15) is 0 Å². The lowest BCUT2D eigenvalue weighted by atomic mass is 10.00. The molecule has 1 saturated carbocycles. The molecule has 1 unspecified atom stereocenters. The number of anilines is 1. The highest BCUT2D eigenvalue weighted by Gasteiger charge is 2.38. The van der Waals surface area contributed by atoms with Crippen LogP contribution in [0.5, 0.6) is 5.75 Å². The second kappa shape index (κ2) is 6.56. The third-order valence-corrected chi connectivity index (χ3v) is 6.69. The quantitative estimate of drug-likeness (QED) is 0.824. The molecule has 0 amide bonds. The van der Waals surface area contributed by atoms with Gasteiger partial charge in [0.2, 0.25) is 10.0 Å². The first-order valence-electron chi connectivity index (χ1n) is 8.98. The Bertz CT molecular complexity index is 1050. The standard InChI is InChI=1S/C19H21ClN2O4S/c1-3-27(24,25)21-14-6-12-8-17(11-4-5-11)26-18(12)15(9-14)13-7-16(20)19(23)22(2)10-13/h6-7,9-11,17,21H,3-5,8H2,1-2H3. The minimum Gasteiger partial charge on any atom is -0.489 e. The Labute approximate surface area is 163 Å². The molecule has 1 N–H and O–H groups in total.